The molecule has 0 bridgehead atoms. The van der Waals surface area contributed by atoms with Crippen molar-refractivity contribution in [2.24, 2.45) is 45.3 Å². The van der Waals surface area contributed by atoms with Gasteiger partial charge < -0.3 is 18.9 Å². The molecule has 0 aliphatic heterocycles. The van der Waals surface area contributed by atoms with Gasteiger partial charge in [0.15, 0.2) is 0 Å². The quantitative estimate of drug-likeness (QED) is 0.0956. The van der Waals surface area contributed by atoms with Gasteiger partial charge in [0.2, 0.25) is 0 Å². The van der Waals surface area contributed by atoms with Gasteiger partial charge in [-0.05, 0) is 109 Å². The van der Waals surface area contributed by atoms with Gasteiger partial charge in [0.1, 0.15) is 0 Å². The summed E-state index contributed by atoms with van der Waals surface area (Å²) in [7, 11) is 0. The molecular formula is C46H78O8. The topological polar surface area (TPSA) is 105 Å². The zero-order valence-electron chi connectivity index (χ0n) is 37.2. The van der Waals surface area contributed by atoms with Crippen LogP contribution in [-0.2, 0) is 18.9 Å². The maximum atomic E-state index is 13.7. The van der Waals surface area contributed by atoms with E-state index in [1.165, 1.54) is 12.1 Å². The SMILES string of the molecule is CC(CCOC(=O)c1cc(C(=O)OCCC(C)CC(C)(C)C)c(C(=O)OCCC(C)CC(C)(C)C)cc1C(=O)OCCC(C)CC(C)(C)C)CC(C)(C)C. The molecule has 0 aromatic heterocycles. The smallest absolute Gasteiger partial charge is 0.339 e. The second-order valence-electron chi connectivity index (χ2n) is 21.1. The Labute approximate surface area is 329 Å². The minimum absolute atomic E-state index is 0.125. The number of rotatable bonds is 20. The number of esters is 4. The minimum Gasteiger partial charge on any atom is -0.462 e. The molecule has 0 spiro atoms. The summed E-state index contributed by atoms with van der Waals surface area (Å²) in [5.41, 5.74) is -0.0771. The predicted molar refractivity (Wildman–Crippen MR) is 219 cm³/mol. The third-order valence-electron chi connectivity index (χ3n) is 9.26. The van der Waals surface area contributed by atoms with E-state index in [1.54, 1.807) is 0 Å². The van der Waals surface area contributed by atoms with E-state index in [0.717, 1.165) is 25.7 Å². The highest BCUT2D eigenvalue weighted by Crippen LogP contribution is 2.30. The lowest BCUT2D eigenvalue weighted by Gasteiger charge is -2.23. The maximum Gasteiger partial charge on any atom is 0.339 e. The molecule has 8 nitrogen and oxygen atoms in total. The largest absolute Gasteiger partial charge is 0.462 e. The molecule has 0 aliphatic carbocycles. The summed E-state index contributed by atoms with van der Waals surface area (Å²) in [6.07, 6.45) is 6.33. The summed E-state index contributed by atoms with van der Waals surface area (Å²) in [6.45, 7) is 35.0. The van der Waals surface area contributed by atoms with Gasteiger partial charge in [-0.2, -0.15) is 0 Å². The highest BCUT2D eigenvalue weighted by atomic mass is 16.5. The fraction of sp³-hybridized carbons (Fsp3) is 0.783. The summed E-state index contributed by atoms with van der Waals surface area (Å²) < 4.78 is 22.8. The number of hydrogen-bond acceptors (Lipinski definition) is 8. The molecule has 0 radical (unpaired) electrons. The van der Waals surface area contributed by atoms with E-state index in [4.69, 9.17) is 18.9 Å². The molecule has 4 atom stereocenters. The summed E-state index contributed by atoms with van der Waals surface area (Å²) in [5.74, 6) is -1.88. The van der Waals surface area contributed by atoms with Crippen molar-refractivity contribution >= 4 is 23.9 Å². The van der Waals surface area contributed by atoms with Gasteiger partial charge in [-0.3, -0.25) is 0 Å². The lowest BCUT2D eigenvalue weighted by Crippen LogP contribution is -2.22. The Morgan fingerprint density at radius 3 is 0.704 bits per heavy atom. The van der Waals surface area contributed by atoms with Gasteiger partial charge in [0, 0.05) is 0 Å². The Bertz CT molecular complexity index is 1150. The summed E-state index contributed by atoms with van der Waals surface area (Å²) in [4.78, 5) is 54.9. The monoisotopic (exact) mass is 759 g/mol. The van der Waals surface area contributed by atoms with Crippen molar-refractivity contribution in [2.75, 3.05) is 26.4 Å². The van der Waals surface area contributed by atoms with Crippen LogP contribution >= 0.6 is 0 Å². The van der Waals surface area contributed by atoms with Crippen molar-refractivity contribution in [1.82, 2.24) is 0 Å². The van der Waals surface area contributed by atoms with Gasteiger partial charge in [0.25, 0.3) is 0 Å². The zero-order chi connectivity index (χ0) is 41.7. The van der Waals surface area contributed by atoms with E-state index in [0.29, 0.717) is 49.4 Å². The molecule has 0 aliphatic rings. The second kappa shape index (κ2) is 21.4. The van der Waals surface area contributed by atoms with Crippen LogP contribution in [0.4, 0.5) is 0 Å². The molecule has 0 amide bonds. The Kier molecular flexibility index (Phi) is 19.5. The van der Waals surface area contributed by atoms with Gasteiger partial charge in [-0.15, -0.1) is 0 Å². The van der Waals surface area contributed by atoms with Crippen molar-refractivity contribution in [3.8, 4) is 0 Å². The third kappa shape index (κ3) is 21.3. The van der Waals surface area contributed by atoms with Crippen molar-refractivity contribution in [1.29, 1.82) is 0 Å². The summed E-state index contributed by atoms with van der Waals surface area (Å²) >= 11 is 0. The first kappa shape index (κ1) is 49.1. The predicted octanol–water partition coefficient (Wildman–Crippen LogP) is 12.2. The Morgan fingerprint density at radius 1 is 0.389 bits per heavy atom. The molecule has 1 aromatic rings. The third-order valence-corrected chi connectivity index (χ3v) is 9.26. The van der Waals surface area contributed by atoms with Crippen molar-refractivity contribution in [3.05, 3.63) is 34.4 Å². The second-order valence-corrected chi connectivity index (χ2v) is 21.1. The van der Waals surface area contributed by atoms with Gasteiger partial charge >= 0.3 is 23.9 Å². The van der Waals surface area contributed by atoms with Crippen LogP contribution in [0.1, 0.15) is 204 Å². The molecule has 0 heterocycles. The van der Waals surface area contributed by atoms with Crippen LogP contribution in [0, 0.1) is 45.3 Å². The van der Waals surface area contributed by atoms with E-state index in [-0.39, 0.29) is 70.3 Å². The van der Waals surface area contributed by atoms with E-state index in [2.05, 4.69) is 111 Å². The first-order chi connectivity index (χ1) is 24.6. The van der Waals surface area contributed by atoms with Gasteiger partial charge in [-0.25, -0.2) is 19.2 Å². The molecular weight excluding hydrogens is 680 g/mol. The molecule has 4 unspecified atom stereocenters. The van der Waals surface area contributed by atoms with Crippen LogP contribution in [0.5, 0.6) is 0 Å². The number of ether oxygens (including phenoxy) is 4. The van der Waals surface area contributed by atoms with Crippen LogP contribution in [-0.4, -0.2) is 50.3 Å². The Balaban J connectivity index is 3.53. The molecule has 310 valence electrons. The molecule has 0 saturated heterocycles. The maximum absolute atomic E-state index is 13.7. The molecule has 54 heavy (non-hydrogen) atoms. The average molecular weight is 759 g/mol. The van der Waals surface area contributed by atoms with E-state index < -0.39 is 23.9 Å². The fourth-order valence-corrected chi connectivity index (χ4v) is 7.59. The van der Waals surface area contributed by atoms with E-state index in [9.17, 15) is 19.2 Å². The van der Waals surface area contributed by atoms with Crippen molar-refractivity contribution < 1.29 is 38.1 Å². The highest BCUT2D eigenvalue weighted by Gasteiger charge is 2.30. The molecule has 1 rings (SSSR count). The first-order valence-corrected chi connectivity index (χ1v) is 20.4. The van der Waals surface area contributed by atoms with Crippen molar-refractivity contribution in [3.63, 3.8) is 0 Å². The molecule has 0 N–H and O–H groups in total. The van der Waals surface area contributed by atoms with Crippen LogP contribution in [0.2, 0.25) is 0 Å². The lowest BCUT2D eigenvalue weighted by molar-refractivity contribution is 0.0414. The zero-order valence-corrected chi connectivity index (χ0v) is 37.2. The normalized spacial score (nSPS) is 14.8. The lowest BCUT2D eigenvalue weighted by atomic mass is 9.84. The number of carbonyl (C=O) groups excluding carboxylic acids is 4. The highest BCUT2D eigenvalue weighted by molar-refractivity contribution is 6.10. The fourth-order valence-electron chi connectivity index (χ4n) is 7.59. The number of hydrogen-bond donors (Lipinski definition) is 0. The molecule has 0 fully saturated rings. The van der Waals surface area contributed by atoms with Crippen molar-refractivity contribution in [2.45, 2.75) is 162 Å². The summed E-state index contributed by atoms with van der Waals surface area (Å²) in [5, 5.41) is 0. The Morgan fingerprint density at radius 2 is 0.556 bits per heavy atom. The van der Waals surface area contributed by atoms with Crippen LogP contribution in [0.25, 0.3) is 0 Å². The van der Waals surface area contributed by atoms with Crippen LogP contribution in [0.15, 0.2) is 12.1 Å². The van der Waals surface area contributed by atoms with Gasteiger partial charge in [0.05, 0.1) is 48.7 Å². The molecule has 0 saturated carbocycles. The summed E-state index contributed by atoms with van der Waals surface area (Å²) in [6, 6.07) is 2.50. The number of benzene rings is 1. The standard InChI is InChI=1S/C46H78O8/c1-31(27-43(5,6)7)17-21-51-39(47)35-25-37(41(49)53-23-19-33(3)29-45(11,12)13)38(42(50)54-24-20-34(4)30-46(14,15)16)26-36(35)40(48)52-22-18-32(2)28-44(8,9)10/h25-26,31-34H,17-24,27-30H2,1-16H3. The minimum atomic E-state index is -0.769. The molecule has 1 aromatic carbocycles. The van der Waals surface area contributed by atoms with Crippen LogP contribution in [0.3, 0.4) is 0 Å². The van der Waals surface area contributed by atoms with Crippen LogP contribution < -0.4 is 0 Å². The average Bonchev–Trinajstić information content (AvgIpc) is 2.96. The number of carbonyl (C=O) groups is 4. The van der Waals surface area contributed by atoms with E-state index in [1.807, 2.05) is 0 Å². The van der Waals surface area contributed by atoms with Gasteiger partial charge in [-0.1, -0.05) is 111 Å². The van der Waals surface area contributed by atoms with E-state index >= 15 is 0 Å². The molecule has 8 heteroatoms. The Hall–Kier alpha value is -2.90. The first-order valence-electron chi connectivity index (χ1n) is 20.4.